The number of amides is 1. The topological polar surface area (TPSA) is 115 Å². The molecule has 0 saturated carbocycles. The lowest BCUT2D eigenvalue weighted by Gasteiger charge is -2.28. The number of carbonyl (C=O) groups excluding carboxylic acids is 2. The van der Waals surface area contributed by atoms with Gasteiger partial charge < -0.3 is 23.8 Å². The molecule has 0 aliphatic carbocycles. The number of nitrogens with one attached hydrogen (secondary N) is 1. The van der Waals surface area contributed by atoms with Gasteiger partial charge in [-0.3, -0.25) is 9.59 Å². The molecule has 0 spiro atoms. The van der Waals surface area contributed by atoms with Gasteiger partial charge in [0.1, 0.15) is 16.7 Å². The summed E-state index contributed by atoms with van der Waals surface area (Å²) in [5, 5.41) is 0.0195. The third-order valence-electron chi connectivity index (χ3n) is 3.83. The first-order valence-electron chi connectivity index (χ1n) is 7.53. The van der Waals surface area contributed by atoms with Crippen LogP contribution in [0.1, 0.15) is 23.0 Å². The van der Waals surface area contributed by atoms with Crippen LogP contribution in [0.5, 0.6) is 0 Å². The minimum absolute atomic E-state index is 0.0130. The van der Waals surface area contributed by atoms with E-state index in [0.717, 1.165) is 0 Å². The summed E-state index contributed by atoms with van der Waals surface area (Å²) >= 11 is 0. The van der Waals surface area contributed by atoms with E-state index in [1.807, 2.05) is 0 Å². The van der Waals surface area contributed by atoms with E-state index in [4.69, 9.17) is 13.9 Å². The van der Waals surface area contributed by atoms with E-state index in [-0.39, 0.29) is 28.3 Å². The zero-order chi connectivity index (χ0) is 17.3. The maximum Gasteiger partial charge on any atom is 0.343 e. The van der Waals surface area contributed by atoms with Crippen molar-refractivity contribution in [2.45, 2.75) is 20.0 Å². The number of esters is 1. The van der Waals surface area contributed by atoms with Crippen molar-refractivity contribution in [2.75, 3.05) is 26.3 Å². The number of nitrogens with zero attached hydrogens (tertiary/aromatic N) is 2. The molecule has 1 fully saturated rings. The second-order valence-corrected chi connectivity index (χ2v) is 5.43. The van der Waals surface area contributed by atoms with Gasteiger partial charge >= 0.3 is 5.97 Å². The minimum Gasteiger partial charge on any atom is -0.449 e. The number of carbonyl (C=O) groups is 2. The molecule has 2 aromatic rings. The Bertz CT molecular complexity index is 833. The molecule has 0 unspecified atom stereocenters. The molecule has 1 amide bonds. The van der Waals surface area contributed by atoms with Crippen LogP contribution >= 0.6 is 0 Å². The van der Waals surface area contributed by atoms with Gasteiger partial charge in [-0.25, -0.2) is 9.78 Å². The van der Waals surface area contributed by atoms with E-state index in [2.05, 4.69) is 9.97 Å². The van der Waals surface area contributed by atoms with Crippen molar-refractivity contribution >= 4 is 23.0 Å². The first kappa shape index (κ1) is 16.2. The summed E-state index contributed by atoms with van der Waals surface area (Å²) in [5.41, 5.74) is -0.465. The fourth-order valence-corrected chi connectivity index (χ4v) is 2.61. The molecule has 3 rings (SSSR count). The Labute approximate surface area is 136 Å². The first-order chi connectivity index (χ1) is 11.5. The summed E-state index contributed by atoms with van der Waals surface area (Å²) in [6.07, 6.45) is 0.212. The number of morpholine rings is 1. The van der Waals surface area contributed by atoms with Gasteiger partial charge in [0, 0.05) is 13.1 Å². The van der Waals surface area contributed by atoms with Gasteiger partial charge in [0.15, 0.2) is 6.10 Å². The van der Waals surface area contributed by atoms with Gasteiger partial charge in [-0.15, -0.1) is 0 Å². The highest BCUT2D eigenvalue weighted by molar-refractivity contribution is 6.04. The predicted octanol–water partition coefficient (Wildman–Crippen LogP) is 0.229. The standard InChI is InChI=1S/C15H17N3O6/c1-8-10(11-12(19)16-7-17-13(11)23-8)15(21)24-9(2)14(20)18-3-5-22-6-4-18/h7,9H,3-6H2,1-2H3,(H,16,17,19)/t9-/m1/s1. The Morgan fingerprint density at radius 2 is 2.08 bits per heavy atom. The predicted molar refractivity (Wildman–Crippen MR) is 81.6 cm³/mol. The molecular formula is C15H17N3O6. The molecule has 1 atom stereocenters. The Hall–Kier alpha value is -2.68. The van der Waals surface area contributed by atoms with Crippen LogP contribution in [0.3, 0.4) is 0 Å². The summed E-state index contributed by atoms with van der Waals surface area (Å²) in [4.78, 5) is 44.5. The molecule has 9 nitrogen and oxygen atoms in total. The van der Waals surface area contributed by atoms with Crippen LogP contribution in [0.2, 0.25) is 0 Å². The van der Waals surface area contributed by atoms with Crippen molar-refractivity contribution in [3.63, 3.8) is 0 Å². The van der Waals surface area contributed by atoms with Gasteiger partial charge in [0.25, 0.3) is 11.5 Å². The second-order valence-electron chi connectivity index (χ2n) is 5.43. The molecule has 24 heavy (non-hydrogen) atoms. The van der Waals surface area contributed by atoms with E-state index < -0.39 is 17.6 Å². The zero-order valence-corrected chi connectivity index (χ0v) is 13.3. The number of ether oxygens (including phenoxy) is 2. The van der Waals surface area contributed by atoms with E-state index in [1.165, 1.54) is 20.2 Å². The van der Waals surface area contributed by atoms with Gasteiger partial charge in [-0.1, -0.05) is 0 Å². The molecule has 0 bridgehead atoms. The van der Waals surface area contributed by atoms with Gasteiger partial charge in [0.05, 0.1) is 19.5 Å². The number of hydrogen-bond acceptors (Lipinski definition) is 7. The summed E-state index contributed by atoms with van der Waals surface area (Å²) in [6.45, 7) is 4.86. The van der Waals surface area contributed by atoms with Crippen molar-refractivity contribution in [1.82, 2.24) is 14.9 Å². The van der Waals surface area contributed by atoms with Crippen molar-refractivity contribution in [1.29, 1.82) is 0 Å². The molecule has 1 aliphatic rings. The number of aromatic nitrogens is 2. The molecule has 1 aliphatic heterocycles. The number of rotatable bonds is 3. The second kappa shape index (κ2) is 6.44. The summed E-state index contributed by atoms with van der Waals surface area (Å²) < 4.78 is 15.7. The molecular weight excluding hydrogens is 318 g/mol. The Morgan fingerprint density at radius 3 is 2.79 bits per heavy atom. The molecule has 0 aromatic carbocycles. The fourth-order valence-electron chi connectivity index (χ4n) is 2.61. The number of fused-ring (bicyclic) bond motifs is 1. The van der Waals surface area contributed by atoms with Crippen molar-refractivity contribution in [3.8, 4) is 0 Å². The molecule has 128 valence electrons. The summed E-state index contributed by atoms with van der Waals surface area (Å²) in [6, 6.07) is 0. The number of aryl methyl sites for hydroxylation is 1. The van der Waals surface area contributed by atoms with Crippen LogP contribution < -0.4 is 5.56 Å². The Kier molecular flexibility index (Phi) is 4.34. The first-order valence-corrected chi connectivity index (χ1v) is 7.53. The number of aromatic amines is 1. The van der Waals surface area contributed by atoms with Crippen molar-refractivity contribution in [3.05, 3.63) is 28.0 Å². The van der Waals surface area contributed by atoms with Crippen molar-refractivity contribution < 1.29 is 23.5 Å². The van der Waals surface area contributed by atoms with Crippen LogP contribution in [-0.4, -0.2) is 59.2 Å². The van der Waals surface area contributed by atoms with Crippen LogP contribution in [-0.2, 0) is 14.3 Å². The average molecular weight is 335 g/mol. The third kappa shape index (κ3) is 2.90. The molecule has 1 saturated heterocycles. The van der Waals surface area contributed by atoms with Gasteiger partial charge in [0.2, 0.25) is 5.71 Å². The number of furan rings is 1. The van der Waals surface area contributed by atoms with Crippen LogP contribution in [0, 0.1) is 6.92 Å². The largest absolute Gasteiger partial charge is 0.449 e. The Balaban J connectivity index is 1.81. The maximum atomic E-state index is 12.4. The van der Waals surface area contributed by atoms with Crippen LogP contribution in [0.15, 0.2) is 15.5 Å². The average Bonchev–Trinajstić information content (AvgIpc) is 2.92. The minimum atomic E-state index is -0.976. The van der Waals surface area contributed by atoms with E-state index >= 15 is 0 Å². The van der Waals surface area contributed by atoms with Crippen LogP contribution in [0.25, 0.3) is 11.1 Å². The number of H-pyrrole nitrogens is 1. The molecule has 1 N–H and O–H groups in total. The Morgan fingerprint density at radius 1 is 1.38 bits per heavy atom. The van der Waals surface area contributed by atoms with E-state index in [9.17, 15) is 14.4 Å². The third-order valence-corrected chi connectivity index (χ3v) is 3.83. The lowest BCUT2D eigenvalue weighted by Crippen LogP contribution is -2.46. The highest BCUT2D eigenvalue weighted by Crippen LogP contribution is 2.22. The normalized spacial score (nSPS) is 16.2. The summed E-state index contributed by atoms with van der Waals surface area (Å²) in [5.74, 6) is -0.881. The highest BCUT2D eigenvalue weighted by atomic mass is 16.5. The summed E-state index contributed by atoms with van der Waals surface area (Å²) in [7, 11) is 0. The quantitative estimate of drug-likeness (QED) is 0.798. The zero-order valence-electron chi connectivity index (χ0n) is 13.3. The van der Waals surface area contributed by atoms with Crippen molar-refractivity contribution in [2.24, 2.45) is 0 Å². The highest BCUT2D eigenvalue weighted by Gasteiger charge is 2.29. The molecule has 2 aromatic heterocycles. The molecule has 9 heteroatoms. The van der Waals surface area contributed by atoms with Gasteiger partial charge in [-0.2, -0.15) is 0 Å². The SMILES string of the molecule is Cc1oc2nc[nH]c(=O)c2c1C(=O)O[C@H](C)C(=O)N1CCOCC1. The molecule has 0 radical (unpaired) electrons. The van der Waals surface area contributed by atoms with Crippen LogP contribution in [0.4, 0.5) is 0 Å². The van der Waals surface area contributed by atoms with E-state index in [1.54, 1.807) is 4.90 Å². The molecule has 3 heterocycles. The smallest absolute Gasteiger partial charge is 0.343 e. The maximum absolute atomic E-state index is 12.4. The number of hydrogen-bond donors (Lipinski definition) is 1. The monoisotopic (exact) mass is 335 g/mol. The lowest BCUT2D eigenvalue weighted by molar-refractivity contribution is -0.143. The van der Waals surface area contributed by atoms with E-state index in [0.29, 0.717) is 26.3 Å². The van der Waals surface area contributed by atoms with Gasteiger partial charge in [-0.05, 0) is 13.8 Å². The lowest BCUT2D eigenvalue weighted by atomic mass is 10.2. The fraction of sp³-hybridized carbons (Fsp3) is 0.467.